The van der Waals surface area contributed by atoms with E-state index in [1.165, 1.54) is 0 Å². The number of hydrogen-bond donors (Lipinski definition) is 0. The van der Waals surface area contributed by atoms with Crippen LogP contribution in [-0.2, 0) is 23.5 Å². The Kier molecular flexibility index (Phi) is 5.71. The SMILES string of the molecule is CSCc1nc2ccccc2n1CC(=O)N(C)CCc1ccccn1. The molecular formula is C19H22N4OS. The molecule has 130 valence electrons. The van der Waals surface area contributed by atoms with Gasteiger partial charge < -0.3 is 9.47 Å². The average Bonchev–Trinajstić information content (AvgIpc) is 2.98. The first-order valence-corrected chi connectivity index (χ1v) is 9.65. The molecule has 5 nitrogen and oxygen atoms in total. The molecular weight excluding hydrogens is 332 g/mol. The van der Waals surface area contributed by atoms with Crippen molar-refractivity contribution in [3.63, 3.8) is 0 Å². The molecule has 0 aliphatic rings. The predicted octanol–water partition coefficient (Wildman–Crippen LogP) is 3.00. The van der Waals surface area contributed by atoms with E-state index in [0.29, 0.717) is 13.1 Å². The molecule has 0 atom stereocenters. The summed E-state index contributed by atoms with van der Waals surface area (Å²) in [5.74, 6) is 1.82. The molecule has 0 aliphatic carbocycles. The second kappa shape index (κ2) is 8.16. The van der Waals surface area contributed by atoms with Gasteiger partial charge in [0.1, 0.15) is 12.4 Å². The van der Waals surface area contributed by atoms with Gasteiger partial charge in [0.05, 0.1) is 16.8 Å². The monoisotopic (exact) mass is 354 g/mol. The normalized spacial score (nSPS) is 11.0. The van der Waals surface area contributed by atoms with Gasteiger partial charge in [-0.1, -0.05) is 18.2 Å². The molecule has 3 aromatic rings. The van der Waals surface area contributed by atoms with Crippen LogP contribution >= 0.6 is 11.8 Å². The van der Waals surface area contributed by atoms with Crippen molar-refractivity contribution in [3.05, 3.63) is 60.2 Å². The summed E-state index contributed by atoms with van der Waals surface area (Å²) in [6, 6.07) is 13.8. The van der Waals surface area contributed by atoms with E-state index in [1.54, 1.807) is 22.9 Å². The van der Waals surface area contributed by atoms with E-state index in [4.69, 9.17) is 0 Å². The topological polar surface area (TPSA) is 51.0 Å². The Bertz CT molecular complexity index is 847. The molecule has 25 heavy (non-hydrogen) atoms. The van der Waals surface area contributed by atoms with Crippen molar-refractivity contribution >= 4 is 28.7 Å². The maximum absolute atomic E-state index is 12.7. The van der Waals surface area contributed by atoms with Gasteiger partial charge in [0, 0.05) is 31.9 Å². The molecule has 0 fully saturated rings. The van der Waals surface area contributed by atoms with Crippen LogP contribution in [0.2, 0.25) is 0 Å². The molecule has 0 N–H and O–H groups in total. The van der Waals surface area contributed by atoms with Crippen LogP contribution in [-0.4, -0.2) is 45.2 Å². The number of likely N-dealkylation sites (N-methyl/N-ethyl adjacent to an activating group) is 1. The van der Waals surface area contributed by atoms with Crippen LogP contribution in [0.5, 0.6) is 0 Å². The fourth-order valence-corrected chi connectivity index (χ4v) is 3.23. The summed E-state index contributed by atoms with van der Waals surface area (Å²) >= 11 is 1.71. The largest absolute Gasteiger partial charge is 0.344 e. The molecule has 1 amide bonds. The van der Waals surface area contributed by atoms with Gasteiger partial charge in [0.15, 0.2) is 0 Å². The molecule has 2 aromatic heterocycles. The Morgan fingerprint density at radius 2 is 2.00 bits per heavy atom. The molecule has 2 heterocycles. The van der Waals surface area contributed by atoms with Crippen molar-refractivity contribution in [1.82, 2.24) is 19.4 Å². The van der Waals surface area contributed by atoms with Crippen LogP contribution < -0.4 is 0 Å². The first-order valence-electron chi connectivity index (χ1n) is 8.26. The number of nitrogens with zero attached hydrogens (tertiary/aromatic N) is 4. The number of aromatic nitrogens is 3. The summed E-state index contributed by atoms with van der Waals surface area (Å²) in [5, 5.41) is 0. The first-order chi connectivity index (χ1) is 12.2. The maximum Gasteiger partial charge on any atom is 0.242 e. The summed E-state index contributed by atoms with van der Waals surface area (Å²) < 4.78 is 2.03. The Morgan fingerprint density at radius 1 is 1.20 bits per heavy atom. The zero-order valence-corrected chi connectivity index (χ0v) is 15.4. The summed E-state index contributed by atoms with van der Waals surface area (Å²) in [6.07, 6.45) is 4.58. The fraction of sp³-hybridized carbons (Fsp3) is 0.316. The van der Waals surface area contributed by atoms with Gasteiger partial charge in [-0.15, -0.1) is 0 Å². The smallest absolute Gasteiger partial charge is 0.242 e. The van der Waals surface area contributed by atoms with Crippen molar-refractivity contribution < 1.29 is 4.79 Å². The Balaban J connectivity index is 1.71. The van der Waals surface area contributed by atoms with Gasteiger partial charge in [0.2, 0.25) is 5.91 Å². The highest BCUT2D eigenvalue weighted by Gasteiger charge is 2.15. The highest BCUT2D eigenvalue weighted by Crippen LogP contribution is 2.19. The van der Waals surface area contributed by atoms with E-state index in [-0.39, 0.29) is 5.91 Å². The summed E-state index contributed by atoms with van der Waals surface area (Å²) in [6.45, 7) is 0.968. The standard InChI is InChI=1S/C19H22N4OS/c1-22(12-10-15-7-5-6-11-20-15)19(24)13-23-17-9-4-3-8-16(17)21-18(23)14-25-2/h3-9,11H,10,12-14H2,1-2H3. The molecule has 0 spiro atoms. The minimum atomic E-state index is 0.0847. The van der Waals surface area contributed by atoms with Crippen LogP contribution in [0.25, 0.3) is 11.0 Å². The van der Waals surface area contributed by atoms with Crippen LogP contribution in [0.1, 0.15) is 11.5 Å². The second-order valence-corrected chi connectivity index (χ2v) is 6.79. The van der Waals surface area contributed by atoms with Crippen LogP contribution in [0.3, 0.4) is 0 Å². The third-order valence-electron chi connectivity index (χ3n) is 4.16. The number of rotatable bonds is 7. The average molecular weight is 354 g/mol. The highest BCUT2D eigenvalue weighted by atomic mass is 32.2. The zero-order valence-electron chi connectivity index (χ0n) is 14.6. The molecule has 0 saturated carbocycles. The van der Waals surface area contributed by atoms with Gasteiger partial charge in [-0.25, -0.2) is 4.98 Å². The van der Waals surface area contributed by atoms with Crippen molar-refractivity contribution in [2.45, 2.75) is 18.7 Å². The lowest BCUT2D eigenvalue weighted by Gasteiger charge is -2.18. The van der Waals surface area contributed by atoms with Gasteiger partial charge in [-0.3, -0.25) is 9.78 Å². The lowest BCUT2D eigenvalue weighted by Crippen LogP contribution is -2.32. The fourth-order valence-electron chi connectivity index (χ4n) is 2.75. The molecule has 6 heteroatoms. The number of imidazole rings is 1. The number of thioether (sulfide) groups is 1. The Labute approximate surface area is 152 Å². The third kappa shape index (κ3) is 4.20. The quantitative estimate of drug-likeness (QED) is 0.654. The maximum atomic E-state index is 12.7. The molecule has 3 rings (SSSR count). The van der Waals surface area contributed by atoms with E-state index in [9.17, 15) is 4.79 Å². The lowest BCUT2D eigenvalue weighted by atomic mass is 10.2. The van der Waals surface area contributed by atoms with Crippen LogP contribution in [0.4, 0.5) is 0 Å². The van der Waals surface area contributed by atoms with Crippen LogP contribution in [0.15, 0.2) is 48.7 Å². The lowest BCUT2D eigenvalue weighted by molar-refractivity contribution is -0.130. The zero-order chi connectivity index (χ0) is 17.6. The van der Waals surface area contributed by atoms with E-state index in [1.807, 2.05) is 60.3 Å². The van der Waals surface area contributed by atoms with E-state index in [2.05, 4.69) is 9.97 Å². The molecule has 0 aliphatic heterocycles. The number of fused-ring (bicyclic) bond motifs is 1. The number of para-hydroxylation sites is 2. The highest BCUT2D eigenvalue weighted by molar-refractivity contribution is 7.97. The summed E-state index contributed by atoms with van der Waals surface area (Å²) in [4.78, 5) is 23.4. The first kappa shape index (κ1) is 17.5. The second-order valence-electron chi connectivity index (χ2n) is 5.92. The molecule has 0 unspecified atom stereocenters. The van der Waals surface area contributed by atoms with Crippen molar-refractivity contribution in [2.75, 3.05) is 19.8 Å². The Hall–Kier alpha value is -2.34. The molecule has 0 radical (unpaired) electrons. The van der Waals surface area contributed by atoms with Gasteiger partial charge in [0.25, 0.3) is 0 Å². The number of carbonyl (C=O) groups is 1. The van der Waals surface area contributed by atoms with E-state index in [0.717, 1.165) is 34.7 Å². The minimum absolute atomic E-state index is 0.0847. The number of pyridine rings is 1. The minimum Gasteiger partial charge on any atom is -0.344 e. The molecule has 0 saturated heterocycles. The van der Waals surface area contributed by atoms with Crippen molar-refractivity contribution in [1.29, 1.82) is 0 Å². The molecule has 0 bridgehead atoms. The number of amides is 1. The Morgan fingerprint density at radius 3 is 2.76 bits per heavy atom. The molecule has 1 aromatic carbocycles. The van der Waals surface area contributed by atoms with Gasteiger partial charge in [-0.05, 0) is 30.5 Å². The van der Waals surface area contributed by atoms with Crippen molar-refractivity contribution in [3.8, 4) is 0 Å². The number of carbonyl (C=O) groups excluding carboxylic acids is 1. The predicted molar refractivity (Wildman–Crippen MR) is 103 cm³/mol. The van der Waals surface area contributed by atoms with Crippen molar-refractivity contribution in [2.24, 2.45) is 0 Å². The van der Waals surface area contributed by atoms with E-state index < -0.39 is 0 Å². The summed E-state index contributed by atoms with van der Waals surface area (Å²) in [5.41, 5.74) is 2.95. The van der Waals surface area contributed by atoms with Crippen LogP contribution in [0, 0.1) is 0 Å². The number of benzene rings is 1. The van der Waals surface area contributed by atoms with Gasteiger partial charge in [-0.2, -0.15) is 11.8 Å². The van der Waals surface area contributed by atoms with E-state index >= 15 is 0 Å². The van der Waals surface area contributed by atoms with Gasteiger partial charge >= 0.3 is 0 Å². The summed E-state index contributed by atoms with van der Waals surface area (Å²) in [7, 11) is 1.85. The number of hydrogen-bond acceptors (Lipinski definition) is 4. The third-order valence-corrected chi connectivity index (χ3v) is 4.70.